The topological polar surface area (TPSA) is 83.2 Å². The highest BCUT2D eigenvalue weighted by atomic mass is 16.5. The number of methoxy groups -OCH3 is 1. The standard InChI is InChI=1S/C29H31N3O3/c1-4-30-14-13-18-15-21(18)28(33)26-17(2)31-24(27(26)20-10-6-8-12-25(20)35-3)16-22-19-9-5-7-11-23(19)32-29(22)34/h5-12,16,18,21,30-31H,4,13-15H2,1-3H3,(H,32,34)/b22-16-. The highest BCUT2D eigenvalue weighted by Crippen LogP contribution is 2.47. The van der Waals surface area contributed by atoms with E-state index in [0.717, 1.165) is 59.7 Å². The van der Waals surface area contributed by atoms with Crippen molar-refractivity contribution in [3.63, 3.8) is 0 Å². The lowest BCUT2D eigenvalue weighted by Gasteiger charge is -2.11. The number of aromatic nitrogens is 1. The molecule has 2 unspecified atom stereocenters. The molecule has 1 aromatic heterocycles. The Morgan fingerprint density at radius 2 is 1.89 bits per heavy atom. The fraction of sp³-hybridized carbons (Fsp3) is 0.310. The molecule has 180 valence electrons. The highest BCUT2D eigenvalue weighted by molar-refractivity contribution is 6.35. The lowest BCUT2D eigenvalue weighted by atomic mass is 9.93. The van der Waals surface area contributed by atoms with Crippen LogP contribution >= 0.6 is 0 Å². The van der Waals surface area contributed by atoms with Crippen molar-refractivity contribution in [2.75, 3.05) is 25.5 Å². The van der Waals surface area contributed by atoms with E-state index in [-0.39, 0.29) is 17.6 Å². The summed E-state index contributed by atoms with van der Waals surface area (Å²) in [4.78, 5) is 30.1. The summed E-state index contributed by atoms with van der Waals surface area (Å²) in [5.74, 6) is 1.16. The van der Waals surface area contributed by atoms with Crippen LogP contribution in [0, 0.1) is 18.8 Å². The highest BCUT2D eigenvalue weighted by Gasteiger charge is 2.44. The predicted molar refractivity (Wildman–Crippen MR) is 140 cm³/mol. The van der Waals surface area contributed by atoms with Crippen molar-refractivity contribution >= 4 is 29.0 Å². The van der Waals surface area contributed by atoms with Crippen molar-refractivity contribution in [2.45, 2.75) is 26.7 Å². The van der Waals surface area contributed by atoms with Gasteiger partial charge in [-0.15, -0.1) is 0 Å². The molecule has 0 saturated heterocycles. The van der Waals surface area contributed by atoms with Crippen LogP contribution in [0.15, 0.2) is 48.5 Å². The van der Waals surface area contributed by atoms with E-state index in [1.165, 1.54) is 0 Å². The third-order valence-electron chi connectivity index (χ3n) is 7.04. The van der Waals surface area contributed by atoms with Crippen molar-refractivity contribution < 1.29 is 14.3 Å². The minimum absolute atomic E-state index is 0.0348. The summed E-state index contributed by atoms with van der Waals surface area (Å²) in [6, 6.07) is 15.4. The van der Waals surface area contributed by atoms with Crippen LogP contribution in [0.25, 0.3) is 22.8 Å². The van der Waals surface area contributed by atoms with Gasteiger partial charge in [-0.1, -0.05) is 43.3 Å². The molecule has 1 amide bonds. The summed E-state index contributed by atoms with van der Waals surface area (Å²) in [6.45, 7) is 5.90. The van der Waals surface area contributed by atoms with Crippen LogP contribution in [0.3, 0.4) is 0 Å². The average molecular weight is 470 g/mol. The molecule has 6 nitrogen and oxygen atoms in total. The minimum atomic E-state index is -0.150. The van der Waals surface area contributed by atoms with E-state index in [1.807, 2.05) is 61.5 Å². The maximum absolute atomic E-state index is 13.8. The average Bonchev–Trinajstić information content (AvgIpc) is 3.47. The number of para-hydroxylation sites is 2. The number of hydrogen-bond donors (Lipinski definition) is 3. The molecular formula is C29H31N3O3. The Labute approximate surface area is 205 Å². The second-order valence-electron chi connectivity index (χ2n) is 9.28. The molecule has 2 atom stereocenters. The molecule has 35 heavy (non-hydrogen) atoms. The minimum Gasteiger partial charge on any atom is -0.496 e. The summed E-state index contributed by atoms with van der Waals surface area (Å²) in [6.07, 6.45) is 3.79. The Morgan fingerprint density at radius 1 is 1.14 bits per heavy atom. The third-order valence-corrected chi connectivity index (χ3v) is 7.04. The van der Waals surface area contributed by atoms with Crippen LogP contribution in [0.5, 0.6) is 5.75 Å². The molecule has 3 aromatic rings. The van der Waals surface area contributed by atoms with Crippen LogP contribution in [0.2, 0.25) is 0 Å². The van der Waals surface area contributed by atoms with Crippen molar-refractivity contribution in [1.29, 1.82) is 0 Å². The molecule has 2 aromatic carbocycles. The number of aryl methyl sites for hydroxylation is 1. The van der Waals surface area contributed by atoms with Crippen molar-refractivity contribution in [1.82, 2.24) is 10.3 Å². The molecule has 2 heterocycles. The van der Waals surface area contributed by atoms with Gasteiger partial charge >= 0.3 is 0 Å². The smallest absolute Gasteiger partial charge is 0.256 e. The van der Waals surface area contributed by atoms with Crippen LogP contribution in [0.4, 0.5) is 5.69 Å². The van der Waals surface area contributed by atoms with Crippen molar-refractivity contribution in [3.8, 4) is 16.9 Å². The number of anilines is 1. The first-order valence-electron chi connectivity index (χ1n) is 12.3. The number of nitrogens with one attached hydrogen (secondary N) is 3. The Bertz CT molecular complexity index is 1320. The molecule has 0 spiro atoms. The van der Waals surface area contributed by atoms with Gasteiger partial charge in [0.15, 0.2) is 5.78 Å². The number of ether oxygens (including phenoxy) is 1. The maximum Gasteiger partial charge on any atom is 0.256 e. The number of benzene rings is 2. The van der Waals surface area contributed by atoms with Gasteiger partial charge in [-0.05, 0) is 57.0 Å². The van der Waals surface area contributed by atoms with E-state index in [1.54, 1.807) is 7.11 Å². The number of carbonyl (C=O) groups excluding carboxylic acids is 2. The second kappa shape index (κ2) is 9.55. The van der Waals surface area contributed by atoms with Gasteiger partial charge in [0.05, 0.1) is 12.7 Å². The number of amides is 1. The molecule has 5 rings (SSSR count). The first-order chi connectivity index (χ1) is 17.0. The number of hydrogen-bond acceptors (Lipinski definition) is 4. The van der Waals surface area contributed by atoms with Crippen LogP contribution in [0.1, 0.15) is 47.1 Å². The zero-order chi connectivity index (χ0) is 24.5. The van der Waals surface area contributed by atoms with Crippen LogP contribution in [-0.4, -0.2) is 36.9 Å². The van der Waals surface area contributed by atoms with Gasteiger partial charge in [0.1, 0.15) is 5.75 Å². The fourth-order valence-corrected chi connectivity index (χ4v) is 5.16. The molecule has 3 N–H and O–H groups in total. The lowest BCUT2D eigenvalue weighted by molar-refractivity contribution is -0.110. The lowest BCUT2D eigenvalue weighted by Crippen LogP contribution is -2.15. The number of rotatable bonds is 9. The Balaban J connectivity index is 1.60. The first kappa shape index (κ1) is 23.1. The summed E-state index contributed by atoms with van der Waals surface area (Å²) in [5, 5.41) is 6.29. The summed E-state index contributed by atoms with van der Waals surface area (Å²) >= 11 is 0. The summed E-state index contributed by atoms with van der Waals surface area (Å²) in [7, 11) is 1.64. The Morgan fingerprint density at radius 3 is 2.66 bits per heavy atom. The van der Waals surface area contributed by atoms with E-state index < -0.39 is 0 Å². The van der Waals surface area contributed by atoms with Crippen molar-refractivity contribution in [2.24, 2.45) is 11.8 Å². The van der Waals surface area contributed by atoms with Gasteiger partial charge in [-0.3, -0.25) is 9.59 Å². The molecule has 2 aliphatic rings. The molecular weight excluding hydrogens is 438 g/mol. The molecule has 1 aliphatic heterocycles. The van der Waals surface area contributed by atoms with Crippen molar-refractivity contribution in [3.05, 3.63) is 71.0 Å². The normalized spacial score (nSPS) is 19.5. The molecule has 0 bridgehead atoms. The number of aromatic amines is 1. The second-order valence-corrected chi connectivity index (χ2v) is 9.28. The number of H-pyrrole nitrogens is 1. The van der Waals surface area contributed by atoms with Gasteiger partial charge in [-0.25, -0.2) is 0 Å². The number of ketones is 1. The molecule has 1 aliphatic carbocycles. The largest absolute Gasteiger partial charge is 0.496 e. The van der Waals surface area contributed by atoms with E-state index in [0.29, 0.717) is 22.8 Å². The van der Waals surface area contributed by atoms with Gasteiger partial charge < -0.3 is 20.4 Å². The summed E-state index contributed by atoms with van der Waals surface area (Å²) < 4.78 is 5.68. The first-order valence-corrected chi connectivity index (χ1v) is 12.3. The Kier molecular flexibility index (Phi) is 6.31. The SMILES string of the molecule is CCNCCC1CC1C(=O)c1c(C)[nH]c(/C=C2\C(=O)Nc3ccccc32)c1-c1ccccc1OC. The zero-order valence-corrected chi connectivity index (χ0v) is 20.4. The van der Waals surface area contributed by atoms with E-state index >= 15 is 0 Å². The van der Waals surface area contributed by atoms with E-state index in [2.05, 4.69) is 22.5 Å². The quantitative estimate of drug-likeness (QED) is 0.225. The Hall–Kier alpha value is -3.64. The van der Waals surface area contributed by atoms with E-state index in [9.17, 15) is 9.59 Å². The summed E-state index contributed by atoms with van der Waals surface area (Å²) in [5.41, 5.74) is 6.11. The van der Waals surface area contributed by atoms with Gasteiger partial charge in [0.25, 0.3) is 5.91 Å². The van der Waals surface area contributed by atoms with E-state index in [4.69, 9.17) is 4.74 Å². The molecule has 0 radical (unpaired) electrons. The maximum atomic E-state index is 13.8. The monoisotopic (exact) mass is 469 g/mol. The number of Topliss-reactive ketones (excluding diaryl/α,β-unsaturated/α-hetero) is 1. The van der Waals surface area contributed by atoms with Gasteiger partial charge in [0.2, 0.25) is 0 Å². The fourth-order valence-electron chi connectivity index (χ4n) is 5.16. The molecule has 1 saturated carbocycles. The third kappa shape index (κ3) is 4.30. The number of carbonyl (C=O) groups is 2. The van der Waals surface area contributed by atoms with Gasteiger partial charge in [0, 0.05) is 45.2 Å². The molecule has 1 fully saturated rings. The number of fused-ring (bicyclic) bond motifs is 1. The predicted octanol–water partition coefficient (Wildman–Crippen LogP) is 5.31. The van der Waals surface area contributed by atoms with Gasteiger partial charge in [-0.2, -0.15) is 0 Å². The van der Waals surface area contributed by atoms with Crippen LogP contribution < -0.4 is 15.4 Å². The zero-order valence-electron chi connectivity index (χ0n) is 20.4. The van der Waals surface area contributed by atoms with Crippen LogP contribution in [-0.2, 0) is 4.79 Å². The molecule has 6 heteroatoms.